The number of amides is 1. The lowest BCUT2D eigenvalue weighted by Crippen LogP contribution is -2.21. The maximum absolute atomic E-state index is 12.5. The van der Waals surface area contributed by atoms with Crippen LogP contribution in [0.1, 0.15) is 15.9 Å². The van der Waals surface area contributed by atoms with Crippen LogP contribution in [0.15, 0.2) is 23.1 Å². The van der Waals surface area contributed by atoms with Crippen molar-refractivity contribution in [3.63, 3.8) is 0 Å². The number of alkyl halides is 3. The molecule has 8 heteroatoms. The molecule has 0 unspecified atom stereocenters. The van der Waals surface area contributed by atoms with Gasteiger partial charge in [-0.1, -0.05) is 6.07 Å². The van der Waals surface area contributed by atoms with Crippen molar-refractivity contribution in [2.75, 3.05) is 0 Å². The molecule has 4 nitrogen and oxygen atoms in total. The highest BCUT2D eigenvalue weighted by molar-refractivity contribution is 7.90. The van der Waals surface area contributed by atoms with Crippen LogP contribution in [0, 0.1) is 0 Å². The average Bonchev–Trinajstić information content (AvgIpc) is 2.36. The molecule has 1 aromatic rings. The summed E-state index contributed by atoms with van der Waals surface area (Å²) in [7, 11) is -4.39. The van der Waals surface area contributed by atoms with E-state index < -0.39 is 38.1 Å². The van der Waals surface area contributed by atoms with Gasteiger partial charge in [0, 0.05) is 0 Å². The molecule has 0 atom stereocenters. The van der Waals surface area contributed by atoms with E-state index in [9.17, 15) is 26.4 Å². The summed E-state index contributed by atoms with van der Waals surface area (Å²) < 4.78 is 61.6. The van der Waals surface area contributed by atoms with Gasteiger partial charge in [0.25, 0.3) is 15.9 Å². The first-order valence-corrected chi connectivity index (χ1v) is 5.49. The third-order valence-corrected chi connectivity index (χ3v) is 3.49. The van der Waals surface area contributed by atoms with Crippen LogP contribution in [0.3, 0.4) is 0 Å². The maximum Gasteiger partial charge on any atom is 0.417 e. The van der Waals surface area contributed by atoms with Gasteiger partial charge in [0.15, 0.2) is 0 Å². The second-order valence-electron chi connectivity index (χ2n) is 3.11. The van der Waals surface area contributed by atoms with Gasteiger partial charge in [-0.25, -0.2) is 13.1 Å². The van der Waals surface area contributed by atoms with Crippen LogP contribution in [0.25, 0.3) is 0 Å². The molecule has 86 valence electrons. The van der Waals surface area contributed by atoms with Crippen molar-refractivity contribution in [3.05, 3.63) is 29.3 Å². The van der Waals surface area contributed by atoms with E-state index in [2.05, 4.69) is 0 Å². The van der Waals surface area contributed by atoms with Gasteiger partial charge in [0.2, 0.25) is 0 Å². The molecular weight excluding hydrogens is 247 g/mol. The van der Waals surface area contributed by atoms with Crippen molar-refractivity contribution in [2.45, 2.75) is 11.1 Å². The average molecular weight is 251 g/mol. The Morgan fingerprint density at radius 1 is 1.19 bits per heavy atom. The first-order chi connectivity index (χ1) is 7.23. The fraction of sp³-hybridized carbons (Fsp3) is 0.125. The number of hydrogen-bond acceptors (Lipinski definition) is 3. The summed E-state index contributed by atoms with van der Waals surface area (Å²) >= 11 is 0. The lowest BCUT2D eigenvalue weighted by molar-refractivity contribution is -0.139. The number of sulfonamides is 1. The number of rotatable bonds is 0. The van der Waals surface area contributed by atoms with Gasteiger partial charge in [-0.05, 0) is 12.1 Å². The Balaban J connectivity index is 2.84. The van der Waals surface area contributed by atoms with Gasteiger partial charge in [-0.2, -0.15) is 13.2 Å². The molecule has 1 amide bonds. The zero-order chi connectivity index (χ0) is 12.1. The highest BCUT2D eigenvalue weighted by Gasteiger charge is 2.43. The Morgan fingerprint density at radius 2 is 1.81 bits per heavy atom. The summed E-state index contributed by atoms with van der Waals surface area (Å²) in [5.74, 6) is -1.04. The normalized spacial score (nSPS) is 18.1. The second-order valence-corrected chi connectivity index (χ2v) is 4.73. The number of fused-ring (bicyclic) bond motifs is 1. The summed E-state index contributed by atoms with van der Waals surface area (Å²) in [4.78, 5) is 10.1. The van der Waals surface area contributed by atoms with Crippen LogP contribution in [0.5, 0.6) is 0 Å². The number of carbonyl (C=O) groups excluding carboxylic acids is 1. The van der Waals surface area contributed by atoms with Crippen molar-refractivity contribution in [2.24, 2.45) is 0 Å². The Labute approximate surface area is 88.1 Å². The van der Waals surface area contributed by atoms with E-state index in [0.29, 0.717) is 6.07 Å². The molecule has 1 aromatic carbocycles. The van der Waals surface area contributed by atoms with Gasteiger partial charge >= 0.3 is 6.18 Å². The molecule has 0 fully saturated rings. The summed E-state index contributed by atoms with van der Waals surface area (Å²) in [5.41, 5.74) is -1.81. The van der Waals surface area contributed by atoms with Crippen LogP contribution >= 0.6 is 0 Å². The van der Waals surface area contributed by atoms with Crippen molar-refractivity contribution in [1.29, 1.82) is 0 Å². The minimum atomic E-state index is -4.81. The predicted molar refractivity (Wildman–Crippen MR) is 46.1 cm³/mol. The Bertz CT molecular complexity index is 577. The van der Waals surface area contributed by atoms with Crippen LogP contribution in [0.4, 0.5) is 13.2 Å². The highest BCUT2D eigenvalue weighted by atomic mass is 32.2. The number of halogens is 3. The molecule has 0 saturated heterocycles. The van der Waals surface area contributed by atoms with Gasteiger partial charge in [-0.3, -0.25) is 4.79 Å². The fourth-order valence-corrected chi connectivity index (χ4v) is 2.84. The maximum atomic E-state index is 12.5. The van der Waals surface area contributed by atoms with Crippen LogP contribution in [-0.2, 0) is 16.2 Å². The molecule has 1 N–H and O–H groups in total. The van der Waals surface area contributed by atoms with Gasteiger partial charge in [-0.15, -0.1) is 0 Å². The number of benzene rings is 1. The molecule has 16 heavy (non-hydrogen) atoms. The Hall–Kier alpha value is -1.57. The molecule has 0 aromatic heterocycles. The summed E-state index contributed by atoms with van der Waals surface area (Å²) in [5, 5.41) is 0. The van der Waals surface area contributed by atoms with Gasteiger partial charge < -0.3 is 0 Å². The third-order valence-electron chi connectivity index (χ3n) is 2.06. The molecule has 2 rings (SSSR count). The zero-order valence-electron chi connectivity index (χ0n) is 7.50. The largest absolute Gasteiger partial charge is 0.417 e. The molecular formula is C8H4F3NO3S. The van der Waals surface area contributed by atoms with Crippen LogP contribution < -0.4 is 4.72 Å². The molecule has 0 aliphatic carbocycles. The van der Waals surface area contributed by atoms with E-state index in [0.717, 1.165) is 12.1 Å². The van der Waals surface area contributed by atoms with E-state index in [4.69, 9.17) is 0 Å². The van der Waals surface area contributed by atoms with Crippen LogP contribution in [-0.4, -0.2) is 14.3 Å². The number of hydrogen-bond donors (Lipinski definition) is 1. The lowest BCUT2D eigenvalue weighted by atomic mass is 10.1. The zero-order valence-corrected chi connectivity index (χ0v) is 8.32. The van der Waals surface area contributed by atoms with Crippen molar-refractivity contribution in [3.8, 4) is 0 Å². The molecule has 0 spiro atoms. The van der Waals surface area contributed by atoms with Gasteiger partial charge in [0.05, 0.1) is 11.1 Å². The van der Waals surface area contributed by atoms with E-state index in [-0.39, 0.29) is 0 Å². The Kier molecular flexibility index (Phi) is 2.03. The first kappa shape index (κ1) is 10.9. The minimum absolute atomic E-state index is 0.477. The van der Waals surface area contributed by atoms with Crippen molar-refractivity contribution >= 4 is 15.9 Å². The molecule has 1 heterocycles. The van der Waals surface area contributed by atoms with Crippen LogP contribution in [0.2, 0.25) is 0 Å². The smallest absolute Gasteiger partial charge is 0.268 e. The van der Waals surface area contributed by atoms with E-state index in [1.807, 2.05) is 0 Å². The summed E-state index contributed by atoms with van der Waals surface area (Å²) in [6, 6.07) is 2.64. The third kappa shape index (κ3) is 1.45. The van der Waals surface area contributed by atoms with Crippen molar-refractivity contribution < 1.29 is 26.4 Å². The molecule has 0 bridgehead atoms. The predicted octanol–water partition coefficient (Wildman–Crippen LogP) is 1.14. The van der Waals surface area contributed by atoms with E-state index in [1.165, 1.54) is 4.72 Å². The van der Waals surface area contributed by atoms with Gasteiger partial charge in [0.1, 0.15) is 4.90 Å². The van der Waals surface area contributed by atoms with E-state index >= 15 is 0 Å². The molecule has 1 aliphatic rings. The lowest BCUT2D eigenvalue weighted by Gasteiger charge is -2.09. The highest BCUT2D eigenvalue weighted by Crippen LogP contribution is 2.37. The molecule has 0 saturated carbocycles. The number of carbonyl (C=O) groups is 1. The standard InChI is InChI=1S/C8H4F3NO3S/c9-8(10,11)5-3-1-2-4-6(5)16(14,15)12-7(4)13/h1-3H,(H,12,13). The quantitative estimate of drug-likeness (QED) is 0.752. The second kappa shape index (κ2) is 2.97. The topological polar surface area (TPSA) is 63.2 Å². The Morgan fingerprint density at radius 3 is 2.38 bits per heavy atom. The fourth-order valence-electron chi connectivity index (χ4n) is 1.46. The summed E-state index contributed by atoms with van der Waals surface area (Å²) in [6.45, 7) is 0. The molecule has 1 aliphatic heterocycles. The summed E-state index contributed by atoms with van der Waals surface area (Å²) in [6.07, 6.45) is -4.81. The molecule has 0 radical (unpaired) electrons. The van der Waals surface area contributed by atoms with Crippen molar-refractivity contribution in [1.82, 2.24) is 4.72 Å². The minimum Gasteiger partial charge on any atom is -0.268 e. The number of nitrogens with one attached hydrogen (secondary N) is 1. The monoisotopic (exact) mass is 251 g/mol. The SMILES string of the molecule is O=C1NS(=O)(=O)c2c1cccc2C(F)(F)F. The van der Waals surface area contributed by atoms with E-state index in [1.54, 1.807) is 0 Å². The first-order valence-electron chi connectivity index (χ1n) is 4.01.